The van der Waals surface area contributed by atoms with Crippen molar-refractivity contribution in [2.45, 2.75) is 13.0 Å². The molecule has 0 saturated heterocycles. The minimum Gasteiger partial charge on any atom is -0.270 e. The number of nitrogens with one attached hydrogen (secondary N) is 1. The molecular weight excluding hydrogens is 204 g/mol. The van der Waals surface area contributed by atoms with Crippen molar-refractivity contribution in [1.29, 1.82) is 0 Å². The Kier molecular flexibility index (Phi) is 3.13. The van der Waals surface area contributed by atoms with Crippen LogP contribution in [-0.2, 0) is 0 Å². The molecule has 0 fully saturated rings. The number of hydrazine groups is 1. The zero-order chi connectivity index (χ0) is 11.4. The first-order valence-electron chi connectivity index (χ1n) is 4.82. The van der Waals surface area contributed by atoms with Crippen molar-refractivity contribution in [1.82, 2.24) is 25.4 Å². The predicted octanol–water partition coefficient (Wildman–Crippen LogP) is 0.128. The maximum absolute atomic E-state index is 5.49. The van der Waals surface area contributed by atoms with Crippen molar-refractivity contribution < 1.29 is 0 Å². The third kappa shape index (κ3) is 2.18. The monoisotopic (exact) mass is 216 g/mol. The molecule has 0 aliphatic heterocycles. The van der Waals surface area contributed by atoms with E-state index in [1.165, 1.54) is 0 Å². The van der Waals surface area contributed by atoms with E-state index in [4.69, 9.17) is 5.84 Å². The number of nitrogens with zero attached hydrogens (tertiary/aromatic N) is 4. The van der Waals surface area contributed by atoms with Gasteiger partial charge in [0.05, 0.1) is 29.5 Å². The zero-order valence-electron chi connectivity index (χ0n) is 8.83. The number of rotatable bonds is 3. The Hall–Kier alpha value is -1.92. The van der Waals surface area contributed by atoms with Crippen LogP contribution >= 0.6 is 0 Å². The van der Waals surface area contributed by atoms with Gasteiger partial charge in [0, 0.05) is 18.6 Å². The van der Waals surface area contributed by atoms with E-state index in [2.05, 4.69) is 25.4 Å². The molecule has 2 aromatic heterocycles. The molecule has 1 atom stereocenters. The summed E-state index contributed by atoms with van der Waals surface area (Å²) in [6, 6.07) is -0.290. The minimum atomic E-state index is -0.290. The average molecular weight is 216 g/mol. The second-order valence-electron chi connectivity index (χ2n) is 3.31. The van der Waals surface area contributed by atoms with E-state index in [1.807, 2.05) is 6.92 Å². The van der Waals surface area contributed by atoms with E-state index in [0.717, 1.165) is 5.69 Å². The van der Waals surface area contributed by atoms with Crippen LogP contribution in [0.2, 0.25) is 0 Å². The molecule has 16 heavy (non-hydrogen) atoms. The van der Waals surface area contributed by atoms with Gasteiger partial charge in [-0.1, -0.05) is 0 Å². The van der Waals surface area contributed by atoms with Crippen molar-refractivity contribution in [3.8, 4) is 0 Å². The minimum absolute atomic E-state index is 0.290. The first kappa shape index (κ1) is 10.6. The second kappa shape index (κ2) is 4.73. The van der Waals surface area contributed by atoms with Crippen molar-refractivity contribution in [2.75, 3.05) is 0 Å². The molecule has 0 spiro atoms. The van der Waals surface area contributed by atoms with Gasteiger partial charge in [-0.2, -0.15) is 0 Å². The highest BCUT2D eigenvalue weighted by atomic mass is 15.2. The zero-order valence-corrected chi connectivity index (χ0v) is 8.83. The number of hydrogen-bond acceptors (Lipinski definition) is 6. The summed E-state index contributed by atoms with van der Waals surface area (Å²) in [5.41, 5.74) is 4.94. The molecule has 0 aliphatic carbocycles. The third-order valence-corrected chi connectivity index (χ3v) is 2.14. The van der Waals surface area contributed by atoms with E-state index in [-0.39, 0.29) is 6.04 Å². The average Bonchev–Trinajstić information content (AvgIpc) is 2.34. The van der Waals surface area contributed by atoms with Gasteiger partial charge in [0.15, 0.2) is 0 Å². The number of aromatic nitrogens is 4. The summed E-state index contributed by atoms with van der Waals surface area (Å²) in [7, 11) is 0. The van der Waals surface area contributed by atoms with Crippen LogP contribution in [0.3, 0.4) is 0 Å². The van der Waals surface area contributed by atoms with Crippen molar-refractivity contribution in [2.24, 2.45) is 5.84 Å². The van der Waals surface area contributed by atoms with Crippen molar-refractivity contribution in [3.05, 3.63) is 48.1 Å². The second-order valence-corrected chi connectivity index (χ2v) is 3.31. The molecule has 2 heterocycles. The Labute approximate surface area is 93.0 Å². The molecular formula is C10H12N6. The summed E-state index contributed by atoms with van der Waals surface area (Å²) < 4.78 is 0. The van der Waals surface area contributed by atoms with Gasteiger partial charge in [-0.25, -0.2) is 5.43 Å². The largest absolute Gasteiger partial charge is 0.270 e. The summed E-state index contributed by atoms with van der Waals surface area (Å²) in [6.45, 7) is 1.88. The highest BCUT2D eigenvalue weighted by Gasteiger charge is 2.15. The molecule has 0 radical (unpaired) electrons. The fourth-order valence-electron chi connectivity index (χ4n) is 1.33. The van der Waals surface area contributed by atoms with Gasteiger partial charge in [-0.3, -0.25) is 25.8 Å². The Morgan fingerprint density at radius 3 is 2.44 bits per heavy atom. The molecule has 2 rings (SSSR count). The summed E-state index contributed by atoms with van der Waals surface area (Å²) in [5.74, 6) is 5.49. The van der Waals surface area contributed by atoms with Crippen molar-refractivity contribution in [3.63, 3.8) is 0 Å². The summed E-state index contributed by atoms with van der Waals surface area (Å²) in [6.07, 6.45) is 8.23. The van der Waals surface area contributed by atoms with E-state index < -0.39 is 0 Å². The Balaban J connectivity index is 2.33. The molecule has 3 N–H and O–H groups in total. The summed E-state index contributed by atoms with van der Waals surface area (Å²) in [5, 5.41) is 0. The van der Waals surface area contributed by atoms with Gasteiger partial charge in [0.2, 0.25) is 0 Å². The van der Waals surface area contributed by atoms with Crippen molar-refractivity contribution >= 4 is 0 Å². The SMILES string of the molecule is Cc1cnc(C(NN)c2cnccn2)cn1. The quantitative estimate of drug-likeness (QED) is 0.560. The van der Waals surface area contributed by atoms with E-state index in [9.17, 15) is 0 Å². The summed E-state index contributed by atoms with van der Waals surface area (Å²) >= 11 is 0. The Morgan fingerprint density at radius 2 is 1.88 bits per heavy atom. The lowest BCUT2D eigenvalue weighted by Gasteiger charge is -2.13. The lowest BCUT2D eigenvalue weighted by atomic mass is 10.1. The molecule has 1 unspecified atom stereocenters. The normalized spacial score (nSPS) is 12.4. The van der Waals surface area contributed by atoms with Crippen LogP contribution in [-0.4, -0.2) is 19.9 Å². The lowest BCUT2D eigenvalue weighted by Crippen LogP contribution is -2.30. The maximum Gasteiger partial charge on any atom is 0.108 e. The summed E-state index contributed by atoms with van der Waals surface area (Å²) in [4.78, 5) is 16.6. The standard InChI is InChI=1S/C10H12N6/c1-7-4-15-9(6-14-7)10(16-11)8-5-12-2-3-13-8/h2-6,10,16H,11H2,1H3. The number of hydrogen-bond donors (Lipinski definition) is 2. The Bertz CT molecular complexity index is 441. The van der Waals surface area contributed by atoms with Crippen LogP contribution in [0.25, 0.3) is 0 Å². The fraction of sp³-hybridized carbons (Fsp3) is 0.200. The Morgan fingerprint density at radius 1 is 1.06 bits per heavy atom. The number of nitrogens with two attached hydrogens (primary N) is 1. The van der Waals surface area contributed by atoms with Crippen LogP contribution < -0.4 is 11.3 Å². The smallest absolute Gasteiger partial charge is 0.108 e. The fourth-order valence-corrected chi connectivity index (χ4v) is 1.33. The molecule has 6 heteroatoms. The van der Waals surface area contributed by atoms with Gasteiger partial charge < -0.3 is 0 Å². The van der Waals surface area contributed by atoms with E-state index in [1.54, 1.807) is 31.0 Å². The molecule has 0 aromatic carbocycles. The van der Waals surface area contributed by atoms with Gasteiger partial charge in [0.1, 0.15) is 6.04 Å². The van der Waals surface area contributed by atoms with Crippen LogP contribution in [0.15, 0.2) is 31.0 Å². The van der Waals surface area contributed by atoms with E-state index >= 15 is 0 Å². The van der Waals surface area contributed by atoms with Gasteiger partial charge in [0.25, 0.3) is 0 Å². The van der Waals surface area contributed by atoms with Gasteiger partial charge >= 0.3 is 0 Å². The highest BCUT2D eigenvalue weighted by molar-refractivity contribution is 5.17. The molecule has 0 saturated carbocycles. The van der Waals surface area contributed by atoms with Crippen LogP contribution in [0, 0.1) is 6.92 Å². The first-order chi connectivity index (χ1) is 7.81. The topological polar surface area (TPSA) is 89.6 Å². The molecule has 0 bridgehead atoms. The van der Waals surface area contributed by atoms with E-state index in [0.29, 0.717) is 11.4 Å². The predicted molar refractivity (Wildman–Crippen MR) is 58.0 cm³/mol. The molecule has 0 aliphatic rings. The molecule has 0 amide bonds. The van der Waals surface area contributed by atoms with Gasteiger partial charge in [-0.15, -0.1) is 0 Å². The highest BCUT2D eigenvalue weighted by Crippen LogP contribution is 2.15. The third-order valence-electron chi connectivity index (χ3n) is 2.14. The number of aryl methyl sites for hydroxylation is 1. The van der Waals surface area contributed by atoms with Crippen LogP contribution in [0.4, 0.5) is 0 Å². The molecule has 82 valence electrons. The van der Waals surface area contributed by atoms with Crippen LogP contribution in [0.1, 0.15) is 23.1 Å². The molecule has 2 aromatic rings. The maximum atomic E-state index is 5.49. The first-order valence-corrected chi connectivity index (χ1v) is 4.82. The lowest BCUT2D eigenvalue weighted by molar-refractivity contribution is 0.599. The van der Waals surface area contributed by atoms with Gasteiger partial charge in [-0.05, 0) is 6.92 Å². The molecule has 6 nitrogen and oxygen atoms in total. The van der Waals surface area contributed by atoms with Crippen LogP contribution in [0.5, 0.6) is 0 Å².